The van der Waals surface area contributed by atoms with Gasteiger partial charge in [-0.05, 0) is 30.7 Å². The van der Waals surface area contributed by atoms with Gasteiger partial charge in [0.1, 0.15) is 0 Å². The van der Waals surface area contributed by atoms with Gasteiger partial charge >= 0.3 is 0 Å². The zero-order chi connectivity index (χ0) is 16.1. The number of piperazine rings is 1. The molecule has 3 rings (SSSR count). The number of aliphatic imine (C=N–C) groups is 1. The maximum atomic E-state index is 6.12. The molecular formula is C16H21N7. The molecular weight excluding hydrogens is 290 g/mol. The molecule has 2 aromatic rings. The summed E-state index contributed by atoms with van der Waals surface area (Å²) in [4.78, 5) is 21.6. The van der Waals surface area contributed by atoms with Crippen LogP contribution in [0.15, 0.2) is 41.8 Å². The van der Waals surface area contributed by atoms with E-state index in [9.17, 15) is 0 Å². The maximum absolute atomic E-state index is 6.12. The fourth-order valence-electron chi connectivity index (χ4n) is 2.54. The third-order valence-electron chi connectivity index (χ3n) is 3.81. The Kier molecular flexibility index (Phi) is 4.65. The van der Waals surface area contributed by atoms with Crippen LogP contribution in [0.4, 0.5) is 5.95 Å². The SMILES string of the molecule is Cc1ccnc(CN=C(N)N2CCN(c3ncccn3)CC2)c1. The van der Waals surface area contributed by atoms with Gasteiger partial charge in [0.2, 0.25) is 5.95 Å². The van der Waals surface area contributed by atoms with Gasteiger partial charge in [0.25, 0.3) is 0 Å². The number of anilines is 1. The number of hydrogen-bond donors (Lipinski definition) is 1. The van der Waals surface area contributed by atoms with Crippen molar-refractivity contribution in [2.24, 2.45) is 10.7 Å². The van der Waals surface area contributed by atoms with Crippen molar-refractivity contribution in [2.45, 2.75) is 13.5 Å². The first kappa shape index (κ1) is 15.2. The third kappa shape index (κ3) is 3.94. The van der Waals surface area contributed by atoms with E-state index in [4.69, 9.17) is 5.73 Å². The molecule has 0 aliphatic carbocycles. The van der Waals surface area contributed by atoms with E-state index in [-0.39, 0.29) is 0 Å². The second-order valence-electron chi connectivity index (χ2n) is 5.52. The number of aryl methyl sites for hydroxylation is 1. The van der Waals surface area contributed by atoms with Gasteiger partial charge in [0.05, 0.1) is 12.2 Å². The maximum Gasteiger partial charge on any atom is 0.225 e. The van der Waals surface area contributed by atoms with E-state index in [0.29, 0.717) is 12.5 Å². The van der Waals surface area contributed by atoms with Crippen LogP contribution in [0, 0.1) is 6.92 Å². The topological polar surface area (TPSA) is 83.5 Å². The Balaban J connectivity index is 1.55. The van der Waals surface area contributed by atoms with Crippen molar-refractivity contribution < 1.29 is 0 Å². The molecule has 1 fully saturated rings. The molecule has 0 aromatic carbocycles. The van der Waals surface area contributed by atoms with E-state index in [1.807, 2.05) is 25.1 Å². The minimum Gasteiger partial charge on any atom is -0.370 e. The number of pyridine rings is 1. The first-order chi connectivity index (χ1) is 11.2. The van der Waals surface area contributed by atoms with Crippen LogP contribution in [0.3, 0.4) is 0 Å². The number of nitrogens with two attached hydrogens (primary N) is 1. The highest BCUT2D eigenvalue weighted by Gasteiger charge is 2.19. The van der Waals surface area contributed by atoms with E-state index in [1.54, 1.807) is 18.6 Å². The smallest absolute Gasteiger partial charge is 0.225 e. The van der Waals surface area contributed by atoms with Gasteiger partial charge < -0.3 is 15.5 Å². The fourth-order valence-corrected chi connectivity index (χ4v) is 2.54. The van der Waals surface area contributed by atoms with E-state index >= 15 is 0 Å². The van der Waals surface area contributed by atoms with Gasteiger partial charge in [-0.25, -0.2) is 15.0 Å². The Bertz CT molecular complexity index is 663. The van der Waals surface area contributed by atoms with Crippen LogP contribution in [0.2, 0.25) is 0 Å². The number of nitrogens with zero attached hydrogens (tertiary/aromatic N) is 6. The normalized spacial score (nSPS) is 15.8. The number of hydrogen-bond acceptors (Lipinski definition) is 5. The summed E-state index contributed by atoms with van der Waals surface area (Å²) in [6, 6.07) is 5.83. The lowest BCUT2D eigenvalue weighted by Crippen LogP contribution is -2.51. The summed E-state index contributed by atoms with van der Waals surface area (Å²) >= 11 is 0. The van der Waals surface area contributed by atoms with Crippen LogP contribution >= 0.6 is 0 Å². The number of rotatable bonds is 3. The second kappa shape index (κ2) is 7.04. The number of aromatic nitrogens is 3. The summed E-state index contributed by atoms with van der Waals surface area (Å²) < 4.78 is 0. The van der Waals surface area contributed by atoms with E-state index in [2.05, 4.69) is 29.7 Å². The molecule has 0 amide bonds. The summed E-state index contributed by atoms with van der Waals surface area (Å²) in [6.07, 6.45) is 5.33. The van der Waals surface area contributed by atoms with Crippen molar-refractivity contribution in [3.8, 4) is 0 Å². The fraction of sp³-hybridized carbons (Fsp3) is 0.375. The summed E-state index contributed by atoms with van der Waals surface area (Å²) in [7, 11) is 0. The van der Waals surface area contributed by atoms with Gasteiger partial charge in [-0.1, -0.05) is 0 Å². The molecule has 0 atom stereocenters. The second-order valence-corrected chi connectivity index (χ2v) is 5.52. The first-order valence-corrected chi connectivity index (χ1v) is 7.71. The summed E-state index contributed by atoms with van der Waals surface area (Å²) in [5.74, 6) is 1.34. The Morgan fingerprint density at radius 1 is 1.13 bits per heavy atom. The third-order valence-corrected chi connectivity index (χ3v) is 3.81. The average molecular weight is 311 g/mol. The Hall–Kier alpha value is -2.70. The van der Waals surface area contributed by atoms with Gasteiger partial charge in [-0.15, -0.1) is 0 Å². The Morgan fingerprint density at radius 3 is 2.57 bits per heavy atom. The predicted octanol–water partition coefficient (Wildman–Crippen LogP) is 0.817. The Morgan fingerprint density at radius 2 is 1.87 bits per heavy atom. The summed E-state index contributed by atoms with van der Waals surface area (Å²) in [5, 5.41) is 0. The molecule has 23 heavy (non-hydrogen) atoms. The van der Waals surface area contributed by atoms with Gasteiger partial charge in [-0.2, -0.15) is 0 Å². The lowest BCUT2D eigenvalue weighted by atomic mass is 10.2. The molecule has 1 aliphatic heterocycles. The van der Waals surface area contributed by atoms with Crippen LogP contribution in [0.25, 0.3) is 0 Å². The van der Waals surface area contributed by atoms with Crippen molar-refractivity contribution in [3.63, 3.8) is 0 Å². The minimum absolute atomic E-state index is 0.509. The largest absolute Gasteiger partial charge is 0.370 e. The zero-order valence-electron chi connectivity index (χ0n) is 13.3. The van der Waals surface area contributed by atoms with Crippen molar-refractivity contribution in [1.29, 1.82) is 0 Å². The molecule has 1 saturated heterocycles. The van der Waals surface area contributed by atoms with Gasteiger partial charge in [0.15, 0.2) is 5.96 Å². The standard InChI is InChI=1S/C16H21N7/c1-13-3-6-18-14(11-13)12-21-15(17)22-7-9-23(10-8-22)16-19-4-2-5-20-16/h2-6,11H,7-10,12H2,1H3,(H2,17,21). The van der Waals surface area contributed by atoms with Crippen molar-refractivity contribution in [1.82, 2.24) is 19.9 Å². The van der Waals surface area contributed by atoms with E-state index in [0.717, 1.165) is 37.8 Å². The molecule has 0 radical (unpaired) electrons. The predicted molar refractivity (Wildman–Crippen MR) is 90.1 cm³/mol. The Labute approximate surface area is 135 Å². The van der Waals surface area contributed by atoms with Crippen molar-refractivity contribution in [3.05, 3.63) is 48.0 Å². The van der Waals surface area contributed by atoms with Crippen molar-refractivity contribution >= 4 is 11.9 Å². The first-order valence-electron chi connectivity index (χ1n) is 7.71. The zero-order valence-corrected chi connectivity index (χ0v) is 13.3. The van der Waals surface area contributed by atoms with Crippen LogP contribution in [0.5, 0.6) is 0 Å². The average Bonchev–Trinajstić information content (AvgIpc) is 2.61. The van der Waals surface area contributed by atoms with E-state index < -0.39 is 0 Å². The van der Waals surface area contributed by atoms with Crippen molar-refractivity contribution in [2.75, 3.05) is 31.1 Å². The quantitative estimate of drug-likeness (QED) is 0.667. The van der Waals surface area contributed by atoms with E-state index in [1.165, 1.54) is 5.56 Å². The summed E-state index contributed by atoms with van der Waals surface area (Å²) in [6.45, 7) is 5.86. The lowest BCUT2D eigenvalue weighted by molar-refractivity contribution is 0.378. The molecule has 0 bridgehead atoms. The highest BCUT2D eigenvalue weighted by molar-refractivity contribution is 5.78. The molecule has 1 aliphatic rings. The molecule has 0 unspecified atom stereocenters. The molecule has 7 heteroatoms. The monoisotopic (exact) mass is 311 g/mol. The highest BCUT2D eigenvalue weighted by atomic mass is 15.3. The minimum atomic E-state index is 0.509. The molecule has 120 valence electrons. The molecule has 0 spiro atoms. The number of guanidine groups is 1. The van der Waals surface area contributed by atoms with Crippen LogP contribution in [-0.2, 0) is 6.54 Å². The summed E-state index contributed by atoms with van der Waals surface area (Å²) in [5.41, 5.74) is 8.23. The van der Waals surface area contributed by atoms with Gasteiger partial charge in [-0.3, -0.25) is 4.98 Å². The molecule has 2 aromatic heterocycles. The highest BCUT2D eigenvalue weighted by Crippen LogP contribution is 2.09. The molecule has 0 saturated carbocycles. The van der Waals surface area contributed by atoms with Crippen LogP contribution in [0.1, 0.15) is 11.3 Å². The molecule has 2 N–H and O–H groups in total. The van der Waals surface area contributed by atoms with Gasteiger partial charge in [0, 0.05) is 44.8 Å². The van der Waals surface area contributed by atoms with Crippen LogP contribution in [-0.4, -0.2) is 52.0 Å². The molecule has 3 heterocycles. The molecule has 7 nitrogen and oxygen atoms in total. The van der Waals surface area contributed by atoms with Crippen LogP contribution < -0.4 is 10.6 Å². The lowest BCUT2D eigenvalue weighted by Gasteiger charge is -2.35.